The Balaban J connectivity index is 2.08. The van der Waals surface area contributed by atoms with Crippen LogP contribution in [-0.4, -0.2) is 43.3 Å². The molecule has 0 aromatic heterocycles. The van der Waals surface area contributed by atoms with Gasteiger partial charge >= 0.3 is 0 Å². The monoisotopic (exact) mass is 589 g/mol. The fourth-order valence-corrected chi connectivity index (χ4v) is 5.84. The summed E-state index contributed by atoms with van der Waals surface area (Å²) in [5.74, 6) is -0.937. The van der Waals surface area contributed by atoms with E-state index in [0.717, 1.165) is 15.4 Å². The molecule has 2 amide bonds. The first-order valence-corrected chi connectivity index (χ1v) is 14.6. The lowest BCUT2D eigenvalue weighted by Gasteiger charge is -2.34. The maximum Gasteiger partial charge on any atom is 0.264 e. The second kappa shape index (κ2) is 12.4. The number of carbonyl (C=O) groups is 2. The third-order valence-electron chi connectivity index (χ3n) is 6.08. The van der Waals surface area contributed by atoms with Gasteiger partial charge in [-0.15, -0.1) is 0 Å². The number of carbonyl (C=O) groups excluding carboxylic acids is 2. The molecule has 0 aliphatic carbocycles. The zero-order valence-electron chi connectivity index (χ0n) is 22.6. The minimum atomic E-state index is -4.24. The number of rotatable bonds is 9. The molecule has 0 unspecified atom stereocenters. The van der Waals surface area contributed by atoms with Crippen molar-refractivity contribution in [1.82, 2.24) is 10.2 Å². The van der Waals surface area contributed by atoms with E-state index in [1.165, 1.54) is 29.2 Å². The van der Waals surface area contributed by atoms with Gasteiger partial charge in [0.1, 0.15) is 12.6 Å². The molecular formula is C29H33Cl2N3O4S. The van der Waals surface area contributed by atoms with Gasteiger partial charge in [-0.3, -0.25) is 13.9 Å². The molecule has 39 heavy (non-hydrogen) atoms. The van der Waals surface area contributed by atoms with Crippen LogP contribution < -0.4 is 9.62 Å². The van der Waals surface area contributed by atoms with E-state index in [1.807, 2.05) is 52.0 Å². The lowest BCUT2D eigenvalue weighted by Crippen LogP contribution is -2.54. The molecule has 0 saturated carbocycles. The number of amides is 2. The van der Waals surface area contributed by atoms with Gasteiger partial charge in [0.05, 0.1) is 20.6 Å². The standard InChI is InChI=1S/C29H33Cl2N3O4S/c1-20-12-9-10-13-22(20)18-33(21(2)28(36)32-29(3,4)5)26(35)19-34(25-17-11-16-24(30)27(25)31)39(37,38)23-14-7-6-8-15-23/h6-17,21H,18-19H2,1-5H3,(H,32,36)/t21-/m1/s1. The Hall–Kier alpha value is -3.07. The van der Waals surface area contributed by atoms with E-state index in [1.54, 1.807) is 31.2 Å². The number of sulfonamides is 1. The molecule has 7 nitrogen and oxygen atoms in total. The number of hydrogen-bond donors (Lipinski definition) is 1. The second-order valence-corrected chi connectivity index (χ2v) is 12.9. The van der Waals surface area contributed by atoms with Gasteiger partial charge in [-0.1, -0.05) is 71.7 Å². The number of nitrogens with zero attached hydrogens (tertiary/aromatic N) is 2. The Kier molecular flexibility index (Phi) is 9.69. The Morgan fingerprint density at radius 2 is 1.54 bits per heavy atom. The van der Waals surface area contributed by atoms with Crippen molar-refractivity contribution in [2.24, 2.45) is 0 Å². The molecule has 3 aromatic rings. The van der Waals surface area contributed by atoms with Gasteiger partial charge in [0, 0.05) is 12.1 Å². The summed E-state index contributed by atoms with van der Waals surface area (Å²) in [6.45, 7) is 8.58. The van der Waals surface area contributed by atoms with Crippen molar-refractivity contribution in [3.63, 3.8) is 0 Å². The van der Waals surface area contributed by atoms with Crippen LogP contribution in [0.5, 0.6) is 0 Å². The average Bonchev–Trinajstić information content (AvgIpc) is 2.87. The highest BCUT2D eigenvalue weighted by Crippen LogP contribution is 2.35. The zero-order chi connectivity index (χ0) is 29.0. The first-order chi connectivity index (χ1) is 18.2. The highest BCUT2D eigenvalue weighted by atomic mass is 35.5. The summed E-state index contributed by atoms with van der Waals surface area (Å²) < 4.78 is 28.6. The second-order valence-electron chi connectivity index (χ2n) is 10.3. The minimum absolute atomic E-state index is 0.00421. The number of aryl methyl sites for hydroxylation is 1. The van der Waals surface area contributed by atoms with Crippen LogP contribution in [0.2, 0.25) is 10.0 Å². The van der Waals surface area contributed by atoms with Crippen LogP contribution in [-0.2, 0) is 26.2 Å². The van der Waals surface area contributed by atoms with E-state index >= 15 is 0 Å². The van der Waals surface area contributed by atoms with Crippen LogP contribution in [0.1, 0.15) is 38.8 Å². The third-order valence-corrected chi connectivity index (χ3v) is 8.66. The fraction of sp³-hybridized carbons (Fsp3) is 0.310. The molecular weight excluding hydrogens is 557 g/mol. The predicted octanol–water partition coefficient (Wildman–Crippen LogP) is 5.83. The van der Waals surface area contributed by atoms with Crippen molar-refractivity contribution in [1.29, 1.82) is 0 Å². The number of hydrogen-bond acceptors (Lipinski definition) is 4. The minimum Gasteiger partial charge on any atom is -0.350 e. The molecule has 208 valence electrons. The molecule has 3 rings (SSSR count). The summed E-state index contributed by atoms with van der Waals surface area (Å²) in [6.07, 6.45) is 0. The van der Waals surface area contributed by atoms with Crippen molar-refractivity contribution >= 4 is 50.7 Å². The Morgan fingerprint density at radius 3 is 2.15 bits per heavy atom. The molecule has 3 aromatic carbocycles. The predicted molar refractivity (Wildman–Crippen MR) is 157 cm³/mol. The van der Waals surface area contributed by atoms with E-state index in [0.29, 0.717) is 0 Å². The highest BCUT2D eigenvalue weighted by molar-refractivity contribution is 7.92. The van der Waals surface area contributed by atoms with E-state index < -0.39 is 34.1 Å². The number of nitrogens with one attached hydrogen (secondary N) is 1. The first-order valence-electron chi connectivity index (χ1n) is 12.4. The topological polar surface area (TPSA) is 86.8 Å². The largest absolute Gasteiger partial charge is 0.350 e. The molecule has 10 heteroatoms. The van der Waals surface area contributed by atoms with Gasteiger partial charge in [-0.2, -0.15) is 0 Å². The normalized spacial score (nSPS) is 12.5. The Labute approximate surface area is 240 Å². The number of benzene rings is 3. The summed E-state index contributed by atoms with van der Waals surface area (Å²) in [4.78, 5) is 28.5. The fourth-order valence-electron chi connectivity index (χ4n) is 3.95. The maximum absolute atomic E-state index is 14.0. The van der Waals surface area contributed by atoms with Crippen LogP contribution in [0.3, 0.4) is 0 Å². The Bertz CT molecular complexity index is 1440. The molecule has 1 atom stereocenters. The summed E-state index contributed by atoms with van der Waals surface area (Å²) in [5.41, 5.74) is 1.30. The molecule has 0 fully saturated rings. The van der Waals surface area contributed by atoms with Crippen molar-refractivity contribution < 1.29 is 18.0 Å². The molecule has 0 heterocycles. The lowest BCUT2D eigenvalue weighted by atomic mass is 10.1. The molecule has 0 aliphatic heterocycles. The summed E-state index contributed by atoms with van der Waals surface area (Å²) >= 11 is 12.7. The molecule has 0 radical (unpaired) electrons. The first kappa shape index (κ1) is 30.5. The van der Waals surface area contributed by atoms with Crippen LogP contribution in [0.25, 0.3) is 0 Å². The molecule has 1 N–H and O–H groups in total. The van der Waals surface area contributed by atoms with Gasteiger partial charge in [-0.25, -0.2) is 8.42 Å². The van der Waals surface area contributed by atoms with E-state index in [9.17, 15) is 18.0 Å². The summed E-state index contributed by atoms with van der Waals surface area (Å²) in [6, 6.07) is 19.0. The van der Waals surface area contributed by atoms with Crippen LogP contribution >= 0.6 is 23.2 Å². The van der Waals surface area contributed by atoms with Crippen LogP contribution in [0.15, 0.2) is 77.7 Å². The highest BCUT2D eigenvalue weighted by Gasteiger charge is 2.34. The SMILES string of the molecule is Cc1ccccc1CN(C(=O)CN(c1cccc(Cl)c1Cl)S(=O)(=O)c1ccccc1)[C@H](C)C(=O)NC(C)(C)C. The quantitative estimate of drug-likeness (QED) is 0.340. The van der Waals surface area contributed by atoms with E-state index in [-0.39, 0.29) is 33.1 Å². The van der Waals surface area contributed by atoms with Crippen molar-refractivity contribution in [3.05, 3.63) is 94.0 Å². The van der Waals surface area contributed by atoms with Crippen molar-refractivity contribution in [3.8, 4) is 0 Å². The lowest BCUT2D eigenvalue weighted by molar-refractivity contribution is -0.140. The van der Waals surface area contributed by atoms with Gasteiger partial charge < -0.3 is 10.2 Å². The van der Waals surface area contributed by atoms with Gasteiger partial charge in [0.15, 0.2) is 0 Å². The number of halogens is 2. The average molecular weight is 591 g/mol. The summed E-state index contributed by atoms with van der Waals surface area (Å²) in [7, 11) is -4.24. The zero-order valence-corrected chi connectivity index (χ0v) is 24.9. The van der Waals surface area contributed by atoms with E-state index in [2.05, 4.69) is 5.32 Å². The molecule has 0 bridgehead atoms. The van der Waals surface area contributed by atoms with Gasteiger partial charge in [0.25, 0.3) is 10.0 Å². The van der Waals surface area contributed by atoms with Crippen LogP contribution in [0, 0.1) is 6.92 Å². The Morgan fingerprint density at radius 1 is 0.923 bits per heavy atom. The van der Waals surface area contributed by atoms with Crippen molar-refractivity contribution in [2.75, 3.05) is 10.8 Å². The number of anilines is 1. The van der Waals surface area contributed by atoms with Gasteiger partial charge in [0.2, 0.25) is 11.8 Å². The molecule has 0 spiro atoms. The van der Waals surface area contributed by atoms with E-state index in [4.69, 9.17) is 23.2 Å². The maximum atomic E-state index is 14.0. The molecule has 0 aliphatic rings. The third kappa shape index (κ3) is 7.53. The smallest absolute Gasteiger partial charge is 0.264 e. The van der Waals surface area contributed by atoms with Crippen LogP contribution in [0.4, 0.5) is 5.69 Å². The molecule has 0 saturated heterocycles. The van der Waals surface area contributed by atoms with Gasteiger partial charge in [-0.05, 0) is 70.0 Å². The van der Waals surface area contributed by atoms with Crippen molar-refractivity contribution in [2.45, 2.75) is 57.6 Å². The summed E-state index contributed by atoms with van der Waals surface area (Å²) in [5, 5.41) is 3.05.